The van der Waals surface area contributed by atoms with Crippen molar-refractivity contribution in [2.75, 3.05) is 30.1 Å². The van der Waals surface area contributed by atoms with Crippen molar-refractivity contribution in [3.8, 4) is 11.8 Å². The number of amides is 1. The molecule has 0 unspecified atom stereocenters. The normalized spacial score (nSPS) is 22.3. The number of thioether (sulfide) groups is 1. The highest BCUT2D eigenvalue weighted by molar-refractivity contribution is 8.16. The summed E-state index contributed by atoms with van der Waals surface area (Å²) in [6.07, 6.45) is 1.91. The van der Waals surface area contributed by atoms with Gasteiger partial charge in [-0.1, -0.05) is 42.1 Å². The predicted molar refractivity (Wildman–Crippen MR) is 134 cm³/mol. The number of carbonyl (C=O) groups excluding carboxylic acids is 1. The fourth-order valence-corrected chi connectivity index (χ4v) is 7.83. The zero-order valence-electron chi connectivity index (χ0n) is 18.5. The van der Waals surface area contributed by atoms with Crippen molar-refractivity contribution in [2.45, 2.75) is 17.7 Å². The van der Waals surface area contributed by atoms with Gasteiger partial charge in [-0.2, -0.15) is 5.26 Å². The molecule has 2 aliphatic heterocycles. The SMILES string of the molecule is COc1ccc(N2C(=N/C=C(\C#N)C(=O)NCCc3ccccc3)S[C@@H]3CS(=O)(=O)C[C@H]32)cc1. The molecule has 2 atom stereocenters. The molecule has 2 aromatic rings. The summed E-state index contributed by atoms with van der Waals surface area (Å²) >= 11 is 1.36. The molecule has 2 saturated heterocycles. The van der Waals surface area contributed by atoms with Gasteiger partial charge in [-0.15, -0.1) is 0 Å². The molecular formula is C24H24N4O4S2. The number of hydrogen-bond donors (Lipinski definition) is 1. The van der Waals surface area contributed by atoms with Gasteiger partial charge in [-0.25, -0.2) is 13.4 Å². The van der Waals surface area contributed by atoms with Crippen molar-refractivity contribution < 1.29 is 17.9 Å². The molecule has 8 nitrogen and oxygen atoms in total. The summed E-state index contributed by atoms with van der Waals surface area (Å²) in [5.41, 5.74) is 1.75. The van der Waals surface area contributed by atoms with Gasteiger partial charge in [0.05, 0.1) is 30.9 Å². The van der Waals surface area contributed by atoms with Crippen LogP contribution in [0.4, 0.5) is 5.69 Å². The van der Waals surface area contributed by atoms with E-state index in [9.17, 15) is 18.5 Å². The van der Waals surface area contributed by atoms with E-state index in [4.69, 9.17) is 4.74 Å². The third-order valence-electron chi connectivity index (χ3n) is 5.63. The largest absolute Gasteiger partial charge is 0.497 e. The minimum atomic E-state index is -3.14. The van der Waals surface area contributed by atoms with E-state index >= 15 is 0 Å². The first kappa shape index (κ1) is 23.9. The van der Waals surface area contributed by atoms with Crippen molar-refractivity contribution in [1.82, 2.24) is 5.32 Å². The maximum Gasteiger partial charge on any atom is 0.263 e. The van der Waals surface area contributed by atoms with Crippen LogP contribution in [-0.2, 0) is 21.1 Å². The second kappa shape index (κ2) is 10.3. The van der Waals surface area contributed by atoms with Crippen LogP contribution in [0.15, 0.2) is 71.4 Å². The number of aliphatic imine (C=N–C) groups is 1. The minimum absolute atomic E-state index is 0.0323. The molecule has 0 bridgehead atoms. The fraction of sp³-hybridized carbons (Fsp3) is 0.292. The molecule has 34 heavy (non-hydrogen) atoms. The molecule has 0 spiro atoms. The minimum Gasteiger partial charge on any atom is -0.497 e. The zero-order valence-corrected chi connectivity index (χ0v) is 20.2. The van der Waals surface area contributed by atoms with Crippen LogP contribution in [0, 0.1) is 11.3 Å². The van der Waals surface area contributed by atoms with E-state index in [1.807, 2.05) is 53.4 Å². The Hall–Kier alpha value is -3.29. The summed E-state index contributed by atoms with van der Waals surface area (Å²) in [7, 11) is -1.56. The van der Waals surface area contributed by atoms with E-state index in [2.05, 4.69) is 10.3 Å². The van der Waals surface area contributed by atoms with E-state index in [1.165, 1.54) is 18.0 Å². The molecule has 0 saturated carbocycles. The van der Waals surface area contributed by atoms with E-state index < -0.39 is 15.7 Å². The van der Waals surface area contributed by atoms with Gasteiger partial charge in [0, 0.05) is 17.5 Å². The Morgan fingerprint density at radius 3 is 2.65 bits per heavy atom. The standard InChI is InChI=1S/C24H24N4O4S2/c1-32-20-9-7-19(8-10-20)28-21-15-34(30,31)16-22(21)33-24(28)27-14-18(13-25)23(29)26-12-11-17-5-3-2-4-6-17/h2-10,14,21-22H,11-12,15-16H2,1H3,(H,26,29)/b18-14+,27-24?/t21-,22-/m1/s1. The van der Waals surface area contributed by atoms with Gasteiger partial charge in [0.2, 0.25) is 0 Å². The number of nitrogens with zero attached hydrogens (tertiary/aromatic N) is 3. The second-order valence-electron chi connectivity index (χ2n) is 7.93. The molecule has 2 aliphatic rings. The smallest absolute Gasteiger partial charge is 0.263 e. The summed E-state index contributed by atoms with van der Waals surface area (Å²) in [6.45, 7) is 0.396. The maximum atomic E-state index is 12.5. The molecule has 4 rings (SSSR count). The van der Waals surface area contributed by atoms with Gasteiger partial charge in [-0.3, -0.25) is 4.79 Å². The number of carbonyl (C=O) groups is 1. The van der Waals surface area contributed by atoms with Gasteiger partial charge >= 0.3 is 0 Å². The Kier molecular flexibility index (Phi) is 7.24. The number of amidine groups is 1. The lowest BCUT2D eigenvalue weighted by Crippen LogP contribution is -2.37. The zero-order chi connectivity index (χ0) is 24.1. The highest BCUT2D eigenvalue weighted by Gasteiger charge is 2.49. The average molecular weight is 497 g/mol. The molecule has 0 aliphatic carbocycles. The Morgan fingerprint density at radius 1 is 1.24 bits per heavy atom. The van der Waals surface area contributed by atoms with Crippen LogP contribution in [0.3, 0.4) is 0 Å². The summed E-state index contributed by atoms with van der Waals surface area (Å²) < 4.78 is 29.7. The topological polar surface area (TPSA) is 112 Å². The van der Waals surface area contributed by atoms with Crippen molar-refractivity contribution in [3.05, 3.63) is 71.9 Å². The van der Waals surface area contributed by atoms with Crippen molar-refractivity contribution in [3.63, 3.8) is 0 Å². The summed E-state index contributed by atoms with van der Waals surface area (Å²) in [5.74, 6) is 0.292. The lowest BCUT2D eigenvalue weighted by atomic mass is 10.1. The fourth-order valence-electron chi connectivity index (χ4n) is 3.94. The Bertz CT molecular complexity index is 1250. The molecule has 1 amide bonds. The molecule has 176 valence electrons. The third-order valence-corrected chi connectivity index (χ3v) is 8.85. The highest BCUT2D eigenvalue weighted by atomic mass is 32.2. The quantitative estimate of drug-likeness (QED) is 0.463. The first-order valence-electron chi connectivity index (χ1n) is 10.7. The second-order valence-corrected chi connectivity index (χ2v) is 11.3. The van der Waals surface area contributed by atoms with Crippen molar-refractivity contribution >= 4 is 38.4 Å². The molecule has 2 fully saturated rings. The molecule has 2 aromatic carbocycles. The highest BCUT2D eigenvalue weighted by Crippen LogP contribution is 2.41. The first-order valence-corrected chi connectivity index (χ1v) is 13.4. The van der Waals surface area contributed by atoms with Crippen LogP contribution in [-0.4, -0.2) is 55.9 Å². The van der Waals surface area contributed by atoms with Crippen LogP contribution in [0.1, 0.15) is 5.56 Å². The van der Waals surface area contributed by atoms with Crippen LogP contribution in [0.5, 0.6) is 5.75 Å². The maximum absolute atomic E-state index is 12.5. The Balaban J connectivity index is 1.52. The van der Waals surface area contributed by atoms with Crippen LogP contribution >= 0.6 is 11.8 Å². The van der Waals surface area contributed by atoms with Gasteiger partial charge in [0.25, 0.3) is 5.91 Å². The lowest BCUT2D eigenvalue weighted by molar-refractivity contribution is -0.117. The molecule has 0 aromatic heterocycles. The Labute approximate surface area is 203 Å². The molecule has 0 radical (unpaired) electrons. The van der Waals surface area contributed by atoms with Gasteiger partial charge in [0.15, 0.2) is 15.0 Å². The number of fused-ring (bicyclic) bond motifs is 1. The molecule has 1 N–H and O–H groups in total. The third kappa shape index (κ3) is 5.43. The molecular weight excluding hydrogens is 472 g/mol. The number of methoxy groups -OCH3 is 1. The number of hydrogen-bond acceptors (Lipinski definition) is 7. The van der Waals surface area contributed by atoms with E-state index in [0.29, 0.717) is 23.9 Å². The molecule has 10 heteroatoms. The van der Waals surface area contributed by atoms with Crippen molar-refractivity contribution in [2.24, 2.45) is 4.99 Å². The number of sulfone groups is 1. The lowest BCUT2D eigenvalue weighted by Gasteiger charge is -2.24. The number of nitrogens with one attached hydrogen (secondary N) is 1. The molecule has 2 heterocycles. The van der Waals surface area contributed by atoms with Crippen molar-refractivity contribution in [1.29, 1.82) is 5.26 Å². The van der Waals surface area contributed by atoms with Gasteiger partial charge in [0.1, 0.15) is 17.4 Å². The van der Waals surface area contributed by atoms with Gasteiger partial charge in [-0.05, 0) is 36.2 Å². The number of benzene rings is 2. The summed E-state index contributed by atoms with van der Waals surface area (Å²) in [6, 6.07) is 18.7. The van der Waals surface area contributed by atoms with E-state index in [1.54, 1.807) is 19.2 Å². The van der Waals surface area contributed by atoms with E-state index in [-0.39, 0.29) is 28.4 Å². The van der Waals surface area contributed by atoms with Crippen LogP contribution in [0.2, 0.25) is 0 Å². The predicted octanol–water partition coefficient (Wildman–Crippen LogP) is 2.54. The number of ether oxygens (including phenoxy) is 1. The Morgan fingerprint density at radius 2 is 1.97 bits per heavy atom. The number of rotatable bonds is 7. The number of anilines is 1. The summed E-state index contributed by atoms with van der Waals surface area (Å²) in [5, 5.41) is 12.6. The number of nitriles is 1. The first-order chi connectivity index (χ1) is 16.4. The average Bonchev–Trinajstić information content (AvgIpc) is 3.31. The van der Waals surface area contributed by atoms with E-state index in [0.717, 1.165) is 11.3 Å². The van der Waals surface area contributed by atoms with Crippen LogP contribution < -0.4 is 15.0 Å². The monoisotopic (exact) mass is 496 g/mol. The van der Waals surface area contributed by atoms with Crippen LogP contribution in [0.25, 0.3) is 0 Å². The van der Waals surface area contributed by atoms with Gasteiger partial charge < -0.3 is 15.0 Å². The summed E-state index contributed by atoms with van der Waals surface area (Å²) in [4.78, 5) is 18.8.